The van der Waals surface area contributed by atoms with Gasteiger partial charge in [0.15, 0.2) is 5.58 Å². The lowest BCUT2D eigenvalue weighted by Crippen LogP contribution is -2.30. The predicted molar refractivity (Wildman–Crippen MR) is 131 cm³/mol. The number of hydrogen-bond acceptors (Lipinski definition) is 6. The molecule has 0 aliphatic heterocycles. The molecule has 0 bridgehead atoms. The van der Waals surface area contributed by atoms with E-state index in [1.807, 2.05) is 36.4 Å². The molecule has 0 saturated carbocycles. The number of ether oxygens (including phenoxy) is 2. The van der Waals surface area contributed by atoms with E-state index >= 15 is 0 Å². The number of unbranched alkanes of at least 4 members (excludes halogenated alkanes) is 1. The number of carbonyl (C=O) groups is 1. The summed E-state index contributed by atoms with van der Waals surface area (Å²) in [6.45, 7) is 2.31. The second-order valence-corrected chi connectivity index (χ2v) is 8.08. The van der Waals surface area contributed by atoms with Gasteiger partial charge in [0.05, 0.1) is 18.7 Å². The molecular formula is C26H25ClN2O5. The fourth-order valence-electron chi connectivity index (χ4n) is 3.39. The van der Waals surface area contributed by atoms with Crippen molar-refractivity contribution >= 4 is 34.7 Å². The molecule has 4 aromatic rings. The summed E-state index contributed by atoms with van der Waals surface area (Å²) in [6.07, 6.45) is 1.67. The van der Waals surface area contributed by atoms with Crippen LogP contribution in [0.4, 0.5) is 6.01 Å². The first-order valence-corrected chi connectivity index (χ1v) is 11.4. The number of nitrogens with zero attached hydrogens (tertiary/aromatic N) is 2. The third-order valence-corrected chi connectivity index (χ3v) is 5.44. The van der Waals surface area contributed by atoms with Crippen molar-refractivity contribution in [2.45, 2.75) is 12.8 Å². The average molecular weight is 481 g/mol. The van der Waals surface area contributed by atoms with Crippen LogP contribution in [0, 0.1) is 0 Å². The van der Waals surface area contributed by atoms with Crippen molar-refractivity contribution in [2.24, 2.45) is 0 Å². The van der Waals surface area contributed by atoms with Gasteiger partial charge >= 0.3 is 5.97 Å². The first kappa shape index (κ1) is 23.4. The first-order valence-electron chi connectivity index (χ1n) is 11.0. The zero-order valence-electron chi connectivity index (χ0n) is 18.5. The highest BCUT2D eigenvalue weighted by Crippen LogP contribution is 2.22. The van der Waals surface area contributed by atoms with Gasteiger partial charge < -0.3 is 23.9 Å². The van der Waals surface area contributed by atoms with Crippen molar-refractivity contribution in [3.8, 4) is 11.5 Å². The second-order valence-electron chi connectivity index (χ2n) is 7.64. The van der Waals surface area contributed by atoms with Crippen molar-refractivity contribution in [1.82, 2.24) is 4.98 Å². The highest BCUT2D eigenvalue weighted by atomic mass is 35.5. The van der Waals surface area contributed by atoms with E-state index in [-0.39, 0.29) is 5.56 Å². The van der Waals surface area contributed by atoms with Crippen LogP contribution < -0.4 is 14.4 Å². The fourth-order valence-corrected chi connectivity index (χ4v) is 3.52. The van der Waals surface area contributed by atoms with Gasteiger partial charge in [-0.1, -0.05) is 23.7 Å². The smallest absolute Gasteiger partial charge is 0.335 e. The van der Waals surface area contributed by atoms with Gasteiger partial charge in [-0.15, -0.1) is 0 Å². The number of para-hydroxylation sites is 2. The minimum Gasteiger partial charge on any atom is -0.494 e. The number of anilines is 1. The van der Waals surface area contributed by atoms with Crippen molar-refractivity contribution < 1.29 is 23.8 Å². The number of aromatic carboxylic acids is 1. The van der Waals surface area contributed by atoms with Crippen LogP contribution in [0.15, 0.2) is 77.2 Å². The molecule has 0 spiro atoms. The number of oxazole rings is 1. The van der Waals surface area contributed by atoms with Crippen LogP contribution in [-0.2, 0) is 0 Å². The molecule has 0 amide bonds. The van der Waals surface area contributed by atoms with Crippen LogP contribution in [0.2, 0.25) is 5.02 Å². The molecule has 1 N–H and O–H groups in total. The molecule has 4 rings (SSSR count). The summed E-state index contributed by atoms with van der Waals surface area (Å²) in [5, 5.41) is 9.65. The van der Waals surface area contributed by atoms with Crippen LogP contribution in [0.3, 0.4) is 0 Å². The minimum absolute atomic E-state index is 0.238. The Balaban J connectivity index is 1.30. The highest BCUT2D eigenvalue weighted by Gasteiger charge is 2.14. The Kier molecular flexibility index (Phi) is 7.88. The number of carboxylic acids is 1. The number of hydrogen-bond donors (Lipinski definition) is 1. The lowest BCUT2D eigenvalue weighted by atomic mass is 10.2. The Labute approximate surface area is 202 Å². The van der Waals surface area contributed by atoms with Crippen LogP contribution in [-0.4, -0.2) is 42.4 Å². The number of rotatable bonds is 12. The fraction of sp³-hybridized carbons (Fsp3) is 0.231. The number of carboxylic acid groups (broad SMARTS) is 1. The lowest BCUT2D eigenvalue weighted by Gasteiger charge is -2.20. The van der Waals surface area contributed by atoms with E-state index in [0.29, 0.717) is 36.5 Å². The number of fused-ring (bicyclic) bond motifs is 1. The zero-order chi connectivity index (χ0) is 23.8. The van der Waals surface area contributed by atoms with Gasteiger partial charge in [0.25, 0.3) is 6.01 Å². The molecule has 176 valence electrons. The first-order chi connectivity index (χ1) is 16.6. The summed E-state index contributed by atoms with van der Waals surface area (Å²) in [5.74, 6) is 0.451. The standard InChI is InChI=1S/C26H25ClN2O5/c27-20-9-13-22(14-10-20)33-18-16-29(26-28-23-5-1-2-6-24(23)34-26)15-3-4-17-32-21-11-7-19(8-12-21)25(30)31/h1-2,5-14H,3-4,15-18H2,(H,30,31). The Bertz CT molecular complexity index is 1180. The van der Waals surface area contributed by atoms with Crippen molar-refractivity contribution in [1.29, 1.82) is 0 Å². The summed E-state index contributed by atoms with van der Waals surface area (Å²) in [7, 11) is 0. The summed E-state index contributed by atoms with van der Waals surface area (Å²) in [6, 6.07) is 21.9. The molecular weight excluding hydrogens is 456 g/mol. The van der Waals surface area contributed by atoms with Gasteiger partial charge in [-0.2, -0.15) is 4.98 Å². The third kappa shape index (κ3) is 6.42. The maximum atomic E-state index is 10.9. The van der Waals surface area contributed by atoms with E-state index in [0.717, 1.165) is 36.2 Å². The third-order valence-electron chi connectivity index (χ3n) is 5.19. The Morgan fingerprint density at radius 3 is 2.26 bits per heavy atom. The SMILES string of the molecule is O=C(O)c1ccc(OCCCCN(CCOc2ccc(Cl)cc2)c2nc3ccccc3o2)cc1. The molecule has 0 fully saturated rings. The molecule has 0 aliphatic carbocycles. The Hall–Kier alpha value is -3.71. The number of benzene rings is 3. The molecule has 0 atom stereocenters. The summed E-state index contributed by atoms with van der Waals surface area (Å²) < 4.78 is 17.6. The van der Waals surface area contributed by atoms with Gasteiger partial charge in [0.1, 0.15) is 23.6 Å². The Morgan fingerprint density at radius 2 is 1.56 bits per heavy atom. The highest BCUT2D eigenvalue weighted by molar-refractivity contribution is 6.30. The Morgan fingerprint density at radius 1 is 0.882 bits per heavy atom. The molecule has 1 aromatic heterocycles. The van der Waals surface area contributed by atoms with E-state index in [1.54, 1.807) is 24.3 Å². The van der Waals surface area contributed by atoms with Gasteiger partial charge in [-0.25, -0.2) is 4.79 Å². The molecule has 8 heteroatoms. The normalized spacial score (nSPS) is 10.9. The van der Waals surface area contributed by atoms with Gasteiger partial charge in [0.2, 0.25) is 0 Å². The monoisotopic (exact) mass is 480 g/mol. The minimum atomic E-state index is -0.953. The summed E-state index contributed by atoms with van der Waals surface area (Å²) in [4.78, 5) is 17.6. The van der Waals surface area contributed by atoms with E-state index in [4.69, 9.17) is 30.6 Å². The largest absolute Gasteiger partial charge is 0.494 e. The van der Waals surface area contributed by atoms with Crippen LogP contribution in [0.25, 0.3) is 11.1 Å². The van der Waals surface area contributed by atoms with Crippen LogP contribution >= 0.6 is 11.6 Å². The molecule has 34 heavy (non-hydrogen) atoms. The zero-order valence-corrected chi connectivity index (χ0v) is 19.3. The number of halogens is 1. The second kappa shape index (κ2) is 11.4. The summed E-state index contributed by atoms with van der Waals surface area (Å²) in [5.41, 5.74) is 1.80. The molecule has 0 unspecified atom stereocenters. The molecule has 0 radical (unpaired) electrons. The van der Waals surface area contributed by atoms with E-state index in [1.165, 1.54) is 12.1 Å². The van der Waals surface area contributed by atoms with Gasteiger partial charge in [-0.3, -0.25) is 0 Å². The van der Waals surface area contributed by atoms with Gasteiger partial charge in [-0.05, 0) is 73.5 Å². The topological polar surface area (TPSA) is 85.0 Å². The van der Waals surface area contributed by atoms with Crippen LogP contribution in [0.1, 0.15) is 23.2 Å². The van der Waals surface area contributed by atoms with Crippen molar-refractivity contribution in [2.75, 3.05) is 31.2 Å². The lowest BCUT2D eigenvalue weighted by molar-refractivity contribution is 0.0697. The van der Waals surface area contributed by atoms with Crippen molar-refractivity contribution in [3.63, 3.8) is 0 Å². The maximum Gasteiger partial charge on any atom is 0.335 e. The molecule has 0 saturated heterocycles. The quantitative estimate of drug-likeness (QED) is 0.252. The molecule has 3 aromatic carbocycles. The summed E-state index contributed by atoms with van der Waals surface area (Å²) >= 11 is 5.94. The molecule has 0 aliphatic rings. The van der Waals surface area contributed by atoms with E-state index in [9.17, 15) is 4.79 Å². The predicted octanol–water partition coefficient (Wildman–Crippen LogP) is 5.92. The van der Waals surface area contributed by atoms with E-state index in [2.05, 4.69) is 9.88 Å². The number of aromatic nitrogens is 1. The maximum absolute atomic E-state index is 10.9. The van der Waals surface area contributed by atoms with Crippen LogP contribution in [0.5, 0.6) is 11.5 Å². The average Bonchev–Trinajstić information content (AvgIpc) is 3.28. The molecule has 7 nitrogen and oxygen atoms in total. The molecule has 1 heterocycles. The van der Waals surface area contributed by atoms with Gasteiger partial charge in [0, 0.05) is 11.6 Å². The van der Waals surface area contributed by atoms with Crippen molar-refractivity contribution in [3.05, 3.63) is 83.4 Å². The van der Waals surface area contributed by atoms with E-state index < -0.39 is 5.97 Å².